The molecule has 0 aliphatic carbocycles. The summed E-state index contributed by atoms with van der Waals surface area (Å²) in [6.45, 7) is 31.1. The number of allylic oxidation sites excluding steroid dienone is 8. The average molecular weight is 615 g/mol. The molecule has 246 valence electrons. The highest BCUT2D eigenvalue weighted by Gasteiger charge is 2.16. The van der Waals surface area contributed by atoms with Crippen LogP contribution in [0.5, 0.6) is 0 Å². The lowest BCUT2D eigenvalue weighted by molar-refractivity contribution is -0.117. The highest BCUT2D eigenvalue weighted by Crippen LogP contribution is 2.27. The van der Waals surface area contributed by atoms with Crippen LogP contribution >= 0.6 is 11.8 Å². The van der Waals surface area contributed by atoms with Gasteiger partial charge in [0.1, 0.15) is 11.9 Å². The molecule has 0 unspecified atom stereocenters. The van der Waals surface area contributed by atoms with Crippen molar-refractivity contribution in [2.75, 3.05) is 26.2 Å². The van der Waals surface area contributed by atoms with Gasteiger partial charge in [0.25, 0.3) is 0 Å². The number of nitrogens with one attached hydrogen (secondary N) is 1. The Morgan fingerprint density at radius 2 is 1.60 bits per heavy atom. The van der Waals surface area contributed by atoms with Crippen LogP contribution < -0.4 is 5.32 Å². The quantitative estimate of drug-likeness (QED) is 0.120. The van der Waals surface area contributed by atoms with Crippen molar-refractivity contribution in [2.45, 2.75) is 134 Å². The van der Waals surface area contributed by atoms with Crippen LogP contribution in [0.4, 0.5) is 0 Å². The molecule has 0 saturated carbocycles. The second-order valence-corrected chi connectivity index (χ2v) is 11.8. The Morgan fingerprint density at radius 3 is 2.02 bits per heavy atom. The lowest BCUT2D eigenvalue weighted by atomic mass is 10.00. The third-order valence-corrected chi connectivity index (χ3v) is 7.12. The Balaban J connectivity index is -0.000000594. The van der Waals surface area contributed by atoms with Crippen LogP contribution in [0.3, 0.4) is 0 Å². The fourth-order valence-electron chi connectivity index (χ4n) is 3.77. The fourth-order valence-corrected chi connectivity index (χ4v) is 4.63. The van der Waals surface area contributed by atoms with Gasteiger partial charge in [0.2, 0.25) is 0 Å². The lowest BCUT2D eigenvalue weighted by Gasteiger charge is -2.32. The number of carbonyl (C=O) groups excluding carboxylic acids is 1. The molecule has 0 spiro atoms. The minimum absolute atomic E-state index is 0.307. The number of ketones is 1. The molecule has 0 aromatic rings. The van der Waals surface area contributed by atoms with Crippen molar-refractivity contribution < 1.29 is 4.79 Å². The predicted octanol–water partition coefficient (Wildman–Crippen LogP) is 10.9. The third-order valence-electron chi connectivity index (χ3n) is 6.15. The molecule has 0 radical (unpaired) electrons. The lowest BCUT2D eigenvalue weighted by Crippen LogP contribution is -2.43. The van der Waals surface area contributed by atoms with E-state index in [9.17, 15) is 4.79 Å². The molecule has 1 heterocycles. The van der Waals surface area contributed by atoms with E-state index in [1.807, 2.05) is 12.3 Å². The first-order valence-corrected chi connectivity index (χ1v) is 17.3. The number of rotatable bonds is 14. The summed E-state index contributed by atoms with van der Waals surface area (Å²) in [6, 6.07) is 2.19. The molecular weight excluding hydrogens is 549 g/mol. The number of nitriles is 1. The maximum atomic E-state index is 10.2. The van der Waals surface area contributed by atoms with Crippen molar-refractivity contribution in [1.82, 2.24) is 10.2 Å². The largest absolute Gasteiger partial charge is 0.372 e. The van der Waals surface area contributed by atoms with E-state index in [0.717, 1.165) is 93.1 Å². The maximum Gasteiger partial charge on any atom is 0.129 e. The van der Waals surface area contributed by atoms with E-state index in [1.54, 1.807) is 6.92 Å². The minimum Gasteiger partial charge on any atom is -0.372 e. The van der Waals surface area contributed by atoms with Crippen molar-refractivity contribution in [3.63, 3.8) is 0 Å². The normalized spacial score (nSPS) is 14.3. The Kier molecular flexibility index (Phi) is 34.1. The van der Waals surface area contributed by atoms with Gasteiger partial charge in [-0.2, -0.15) is 5.26 Å². The van der Waals surface area contributed by atoms with Crippen LogP contribution in [0, 0.1) is 11.3 Å². The van der Waals surface area contributed by atoms with Gasteiger partial charge in [-0.25, -0.2) is 0 Å². The van der Waals surface area contributed by atoms with E-state index >= 15 is 0 Å². The predicted molar refractivity (Wildman–Crippen MR) is 196 cm³/mol. The van der Waals surface area contributed by atoms with Crippen molar-refractivity contribution >= 4 is 23.3 Å². The Bertz CT molecular complexity index is 929. The van der Waals surface area contributed by atoms with Gasteiger partial charge in [-0.15, -0.1) is 0 Å². The van der Waals surface area contributed by atoms with Crippen LogP contribution in [-0.4, -0.2) is 42.6 Å². The molecule has 1 rings (SSSR count). The average Bonchev–Trinajstić information content (AvgIpc) is 2.99. The molecule has 1 saturated heterocycles. The monoisotopic (exact) mass is 614 g/mol. The number of hydrogen-bond donors (Lipinski definition) is 1. The van der Waals surface area contributed by atoms with Crippen molar-refractivity contribution in [3.8, 4) is 6.07 Å². The number of unbranched alkanes of at least 4 members (excludes halogenated alkanes) is 2. The van der Waals surface area contributed by atoms with Gasteiger partial charge in [-0.3, -0.25) is 4.99 Å². The van der Waals surface area contributed by atoms with E-state index in [1.165, 1.54) is 35.0 Å². The van der Waals surface area contributed by atoms with Gasteiger partial charge in [0.15, 0.2) is 0 Å². The van der Waals surface area contributed by atoms with Gasteiger partial charge in [-0.05, 0) is 70.8 Å². The number of piperazine rings is 1. The summed E-state index contributed by atoms with van der Waals surface area (Å²) in [5, 5.41) is 12.2. The summed E-state index contributed by atoms with van der Waals surface area (Å²) in [5.41, 5.74) is 5.02. The van der Waals surface area contributed by atoms with E-state index in [0.29, 0.717) is 5.78 Å². The topological polar surface area (TPSA) is 68.5 Å². The smallest absolute Gasteiger partial charge is 0.129 e. The molecule has 43 heavy (non-hydrogen) atoms. The first kappa shape index (κ1) is 45.1. The summed E-state index contributed by atoms with van der Waals surface area (Å²) in [7, 11) is 0. The number of carbonyl (C=O) groups is 1. The summed E-state index contributed by atoms with van der Waals surface area (Å²) >= 11 is 1.51. The first-order chi connectivity index (χ1) is 20.5. The van der Waals surface area contributed by atoms with E-state index < -0.39 is 0 Å². The number of hydrogen-bond acceptors (Lipinski definition) is 6. The van der Waals surface area contributed by atoms with Crippen molar-refractivity contribution in [2.24, 2.45) is 4.99 Å². The molecule has 0 bridgehead atoms. The maximum absolute atomic E-state index is 10.2. The zero-order valence-electron chi connectivity index (χ0n) is 29.9. The van der Waals surface area contributed by atoms with Gasteiger partial charge < -0.3 is 15.0 Å². The van der Waals surface area contributed by atoms with Gasteiger partial charge in [0, 0.05) is 55.8 Å². The van der Waals surface area contributed by atoms with Crippen LogP contribution in [0.2, 0.25) is 0 Å². The van der Waals surface area contributed by atoms with Crippen LogP contribution in [0.15, 0.2) is 62.7 Å². The number of aliphatic imine (C=N–C) groups is 1. The number of thioether (sulfide) groups is 1. The van der Waals surface area contributed by atoms with Crippen molar-refractivity contribution in [3.05, 3.63) is 57.7 Å². The Labute approximate surface area is 271 Å². The standard InChI is InChI=1S/C17H29N3.C11H17NS.C6H12O.C3H8/c1-6-8-9-19-15(4)17(14(3)7-2)16(5)20-12-10-18-11-13-20;1-4-6-8-11(9-12)13-10(3)7-5-2;1-3-4-5-6(2)7;1-3-2/h7-9,18H,6,10-13H2,1-5H3;8H,3-7H2,1-2H3;3-5H2,1-2H3;3H2,1-2H3/b9-8+,14-7-,17-16+,19-15+;11-8-;;. The molecule has 1 aliphatic heterocycles. The first-order valence-electron chi connectivity index (χ1n) is 16.5. The van der Waals surface area contributed by atoms with Gasteiger partial charge in [-0.1, -0.05) is 104 Å². The van der Waals surface area contributed by atoms with E-state index in [-0.39, 0.29) is 0 Å². The Hall–Kier alpha value is -2.36. The van der Waals surface area contributed by atoms with Crippen LogP contribution in [0.25, 0.3) is 0 Å². The molecule has 0 atom stereocenters. The second kappa shape index (κ2) is 32.6. The molecule has 1 N–H and O–H groups in total. The molecule has 0 amide bonds. The number of nitrogens with zero attached hydrogens (tertiary/aromatic N) is 3. The highest BCUT2D eigenvalue weighted by molar-refractivity contribution is 8.07. The fraction of sp³-hybridized carbons (Fsp3) is 0.649. The molecule has 6 heteroatoms. The minimum atomic E-state index is 0.307. The van der Waals surface area contributed by atoms with Crippen molar-refractivity contribution in [1.29, 1.82) is 5.26 Å². The van der Waals surface area contributed by atoms with E-state index in [4.69, 9.17) is 5.26 Å². The zero-order chi connectivity index (χ0) is 33.5. The molecule has 0 aromatic heterocycles. The second-order valence-electron chi connectivity index (χ2n) is 10.5. The summed E-state index contributed by atoms with van der Waals surface area (Å²) in [6.07, 6.45) is 17.5. The summed E-state index contributed by atoms with van der Waals surface area (Å²) in [4.78, 5) is 19.1. The molecule has 0 aromatic carbocycles. The van der Waals surface area contributed by atoms with Crippen LogP contribution in [-0.2, 0) is 4.79 Å². The van der Waals surface area contributed by atoms with E-state index in [2.05, 4.69) is 109 Å². The van der Waals surface area contributed by atoms with Crippen LogP contribution in [0.1, 0.15) is 134 Å². The molecular formula is C37H66N4OS. The third kappa shape index (κ3) is 27.0. The number of Topliss-reactive ketones (excluding diaryl/α,β-unsaturated/α-hetero) is 1. The SMILES string of the molecule is C=C(CCC)S/C(C#N)=C\CCC.CCC.CCCCC(C)=O.C\C=C(C)/C(C(/C)=N/C=C/CC)=C(/C)N1CCNCC1. The molecule has 5 nitrogen and oxygen atoms in total. The zero-order valence-corrected chi connectivity index (χ0v) is 30.7. The Morgan fingerprint density at radius 1 is 1.00 bits per heavy atom. The summed E-state index contributed by atoms with van der Waals surface area (Å²) < 4.78 is 0. The molecule has 1 aliphatic rings. The van der Waals surface area contributed by atoms with Gasteiger partial charge >= 0.3 is 0 Å². The highest BCUT2D eigenvalue weighted by atomic mass is 32.2. The molecule has 1 fully saturated rings. The summed E-state index contributed by atoms with van der Waals surface area (Å²) in [5.74, 6) is 0.307. The van der Waals surface area contributed by atoms with Gasteiger partial charge in [0.05, 0.1) is 4.91 Å².